The van der Waals surface area contributed by atoms with E-state index in [-0.39, 0.29) is 5.75 Å². The molecule has 0 radical (unpaired) electrons. The lowest BCUT2D eigenvalue weighted by Crippen LogP contribution is -2.06. The lowest BCUT2D eigenvalue weighted by atomic mass is 10.1. The van der Waals surface area contributed by atoms with E-state index in [9.17, 15) is 0 Å². The van der Waals surface area contributed by atoms with Crippen molar-refractivity contribution in [3.05, 3.63) is 53.6 Å². The van der Waals surface area contributed by atoms with Crippen molar-refractivity contribution in [2.75, 3.05) is 6.61 Å². The maximum absolute atomic E-state index is 9.11. The van der Waals surface area contributed by atoms with Gasteiger partial charge in [0, 0.05) is 12.1 Å². The third-order valence-corrected chi connectivity index (χ3v) is 2.11. The zero-order valence-corrected chi connectivity index (χ0v) is 9.89. The summed E-state index contributed by atoms with van der Waals surface area (Å²) in [7, 11) is 0. The van der Waals surface area contributed by atoms with Gasteiger partial charge in [-0.2, -0.15) is 0 Å². The smallest absolute Gasteiger partial charge is 0.183 e. The minimum Gasteiger partial charge on any atom is -0.508 e. The fourth-order valence-electron chi connectivity index (χ4n) is 1.21. The van der Waals surface area contributed by atoms with Gasteiger partial charge in [0.2, 0.25) is 0 Å². The fourth-order valence-corrected chi connectivity index (χ4v) is 1.21. The molecule has 1 aromatic rings. The number of hydrogen-bond acceptors (Lipinski definition) is 4. The van der Waals surface area contributed by atoms with Crippen LogP contribution in [-0.2, 0) is 11.2 Å². The summed E-state index contributed by atoms with van der Waals surface area (Å²) < 4.78 is 5.30. The van der Waals surface area contributed by atoms with Crippen LogP contribution in [0.25, 0.3) is 0 Å². The summed E-state index contributed by atoms with van der Waals surface area (Å²) in [5.41, 5.74) is 12.8. The van der Waals surface area contributed by atoms with Crippen molar-refractivity contribution in [3.63, 3.8) is 0 Å². The van der Waals surface area contributed by atoms with Crippen LogP contribution in [0.15, 0.2) is 48.0 Å². The molecule has 4 heteroatoms. The molecule has 0 spiro atoms. The van der Waals surface area contributed by atoms with Crippen LogP contribution in [0.5, 0.6) is 5.75 Å². The topological polar surface area (TPSA) is 81.5 Å². The molecule has 0 saturated carbocycles. The summed E-state index contributed by atoms with van der Waals surface area (Å²) in [5.74, 6) is 0.603. The highest BCUT2D eigenvalue weighted by Gasteiger charge is 1.95. The Hall–Kier alpha value is -2.10. The molecule has 1 aromatic carbocycles. The minimum absolute atomic E-state index is 0.262. The SMILES string of the molecule is C/C(N)=C/C=C(\N)OCCc1ccc(O)cc1. The highest BCUT2D eigenvalue weighted by molar-refractivity contribution is 5.25. The van der Waals surface area contributed by atoms with E-state index in [0.29, 0.717) is 18.2 Å². The summed E-state index contributed by atoms with van der Waals surface area (Å²) in [6, 6.07) is 7.00. The molecule has 17 heavy (non-hydrogen) atoms. The van der Waals surface area contributed by atoms with E-state index in [4.69, 9.17) is 21.3 Å². The second-order valence-corrected chi connectivity index (χ2v) is 3.74. The third-order valence-electron chi connectivity index (χ3n) is 2.11. The first kappa shape index (κ1) is 13.0. The van der Waals surface area contributed by atoms with Crippen molar-refractivity contribution < 1.29 is 9.84 Å². The number of aromatic hydroxyl groups is 1. The first-order valence-electron chi connectivity index (χ1n) is 5.38. The second-order valence-electron chi connectivity index (χ2n) is 3.74. The van der Waals surface area contributed by atoms with Gasteiger partial charge in [0.25, 0.3) is 0 Å². The first-order chi connectivity index (χ1) is 8.08. The minimum atomic E-state index is 0.262. The van der Waals surface area contributed by atoms with Gasteiger partial charge in [-0.15, -0.1) is 0 Å². The number of nitrogens with two attached hydrogens (primary N) is 2. The van der Waals surface area contributed by atoms with Crippen molar-refractivity contribution in [3.8, 4) is 5.75 Å². The number of ether oxygens (including phenoxy) is 1. The van der Waals surface area contributed by atoms with Crippen molar-refractivity contribution in [2.24, 2.45) is 11.5 Å². The molecule has 5 N–H and O–H groups in total. The quantitative estimate of drug-likeness (QED) is 0.534. The predicted molar refractivity (Wildman–Crippen MR) is 68.0 cm³/mol. The average molecular weight is 234 g/mol. The Morgan fingerprint density at radius 2 is 1.88 bits per heavy atom. The second kappa shape index (κ2) is 6.48. The number of rotatable bonds is 5. The molecule has 0 saturated heterocycles. The highest BCUT2D eigenvalue weighted by atomic mass is 16.5. The van der Waals surface area contributed by atoms with E-state index in [1.54, 1.807) is 31.2 Å². The number of hydrogen-bond donors (Lipinski definition) is 3. The lowest BCUT2D eigenvalue weighted by molar-refractivity contribution is 0.213. The van der Waals surface area contributed by atoms with Crippen LogP contribution >= 0.6 is 0 Å². The molecule has 0 amide bonds. The van der Waals surface area contributed by atoms with E-state index in [1.807, 2.05) is 12.1 Å². The zero-order chi connectivity index (χ0) is 12.7. The van der Waals surface area contributed by atoms with Gasteiger partial charge in [0.15, 0.2) is 5.88 Å². The molecular weight excluding hydrogens is 216 g/mol. The number of benzene rings is 1. The van der Waals surface area contributed by atoms with E-state index < -0.39 is 0 Å². The van der Waals surface area contributed by atoms with Gasteiger partial charge in [-0.05, 0) is 36.8 Å². The van der Waals surface area contributed by atoms with E-state index in [2.05, 4.69) is 0 Å². The van der Waals surface area contributed by atoms with Crippen LogP contribution in [0.3, 0.4) is 0 Å². The standard InChI is InChI=1S/C13H18N2O2/c1-10(14)2-7-13(15)17-9-8-11-3-5-12(16)6-4-11/h2-7,16H,8-9,14-15H2,1H3/b10-2-,13-7+. The number of phenols is 1. The maximum atomic E-state index is 9.11. The van der Waals surface area contributed by atoms with Crippen LogP contribution in [-0.4, -0.2) is 11.7 Å². The summed E-state index contributed by atoms with van der Waals surface area (Å²) in [6.45, 7) is 2.27. The van der Waals surface area contributed by atoms with Gasteiger partial charge < -0.3 is 21.3 Å². The molecule has 0 aromatic heterocycles. The molecule has 0 unspecified atom stereocenters. The van der Waals surface area contributed by atoms with E-state index >= 15 is 0 Å². The summed E-state index contributed by atoms with van der Waals surface area (Å²) >= 11 is 0. The molecule has 0 aliphatic rings. The Kier molecular flexibility index (Phi) is 4.94. The van der Waals surface area contributed by atoms with Crippen LogP contribution in [0.1, 0.15) is 12.5 Å². The Bertz CT molecular complexity index is 404. The van der Waals surface area contributed by atoms with Gasteiger partial charge in [-0.25, -0.2) is 0 Å². The van der Waals surface area contributed by atoms with Crippen molar-refractivity contribution in [1.82, 2.24) is 0 Å². The highest BCUT2D eigenvalue weighted by Crippen LogP contribution is 2.10. The molecule has 0 fully saturated rings. The Labute approximate surface area is 101 Å². The molecule has 0 heterocycles. The number of allylic oxidation sites excluding steroid dienone is 3. The maximum Gasteiger partial charge on any atom is 0.183 e. The average Bonchev–Trinajstić information content (AvgIpc) is 2.29. The third kappa shape index (κ3) is 5.51. The van der Waals surface area contributed by atoms with Crippen LogP contribution in [0, 0.1) is 0 Å². The van der Waals surface area contributed by atoms with Crippen molar-refractivity contribution in [1.29, 1.82) is 0 Å². The predicted octanol–water partition coefficient (Wildman–Crippen LogP) is 1.61. The molecule has 0 atom stereocenters. The summed E-state index contributed by atoms with van der Waals surface area (Å²) in [4.78, 5) is 0. The zero-order valence-electron chi connectivity index (χ0n) is 9.89. The van der Waals surface area contributed by atoms with Gasteiger partial charge in [0.05, 0.1) is 6.61 Å². The van der Waals surface area contributed by atoms with Gasteiger partial charge in [-0.1, -0.05) is 12.1 Å². The monoisotopic (exact) mass is 234 g/mol. The lowest BCUT2D eigenvalue weighted by Gasteiger charge is -2.05. The van der Waals surface area contributed by atoms with Crippen molar-refractivity contribution >= 4 is 0 Å². The molecule has 4 nitrogen and oxygen atoms in total. The molecular formula is C13H18N2O2. The summed E-state index contributed by atoms with van der Waals surface area (Å²) in [5, 5.41) is 9.11. The Balaban J connectivity index is 2.35. The molecule has 1 rings (SSSR count). The molecule has 0 bridgehead atoms. The van der Waals surface area contributed by atoms with Gasteiger partial charge in [-0.3, -0.25) is 0 Å². The van der Waals surface area contributed by atoms with Crippen LogP contribution < -0.4 is 11.5 Å². The summed E-state index contributed by atoms with van der Waals surface area (Å²) in [6.07, 6.45) is 4.06. The molecule has 92 valence electrons. The fraction of sp³-hybridized carbons (Fsp3) is 0.231. The first-order valence-corrected chi connectivity index (χ1v) is 5.38. The normalized spacial score (nSPS) is 12.5. The van der Waals surface area contributed by atoms with Crippen LogP contribution in [0.2, 0.25) is 0 Å². The van der Waals surface area contributed by atoms with E-state index in [1.165, 1.54) is 0 Å². The number of phenolic OH excluding ortho intramolecular Hbond substituents is 1. The Morgan fingerprint density at radius 3 is 2.47 bits per heavy atom. The molecule has 0 aliphatic heterocycles. The Morgan fingerprint density at radius 1 is 1.24 bits per heavy atom. The van der Waals surface area contributed by atoms with Crippen LogP contribution in [0.4, 0.5) is 0 Å². The van der Waals surface area contributed by atoms with Gasteiger partial charge in [0.1, 0.15) is 5.75 Å². The van der Waals surface area contributed by atoms with Gasteiger partial charge >= 0.3 is 0 Å². The van der Waals surface area contributed by atoms with E-state index in [0.717, 1.165) is 12.0 Å². The molecule has 0 aliphatic carbocycles. The van der Waals surface area contributed by atoms with Crippen molar-refractivity contribution in [2.45, 2.75) is 13.3 Å². The largest absolute Gasteiger partial charge is 0.508 e.